The van der Waals surface area contributed by atoms with Gasteiger partial charge in [0.2, 0.25) is 0 Å². The lowest BCUT2D eigenvalue weighted by Crippen LogP contribution is -2.43. The van der Waals surface area contributed by atoms with Crippen molar-refractivity contribution in [2.45, 2.75) is 88.9 Å². The topological polar surface area (TPSA) is 0 Å². The average molecular weight is 320 g/mol. The zero-order valence-corrected chi connectivity index (χ0v) is 13.2. The number of hydrogen-bond acceptors (Lipinski definition) is 0. The van der Waals surface area contributed by atoms with Crippen molar-refractivity contribution in [3.8, 4) is 0 Å². The summed E-state index contributed by atoms with van der Waals surface area (Å²) in [5.74, 6) is 0.520. The highest BCUT2D eigenvalue weighted by Crippen LogP contribution is 2.46. The number of halogens is 4. The Kier molecular flexibility index (Phi) is 5.34. The van der Waals surface area contributed by atoms with E-state index in [4.69, 9.17) is 0 Å². The van der Waals surface area contributed by atoms with Gasteiger partial charge in [-0.25, -0.2) is 17.6 Å². The number of rotatable bonds is 2. The summed E-state index contributed by atoms with van der Waals surface area (Å²) in [7, 11) is 0. The minimum atomic E-state index is -2.01. The quantitative estimate of drug-likeness (QED) is 0.569. The summed E-state index contributed by atoms with van der Waals surface area (Å²) in [5, 5.41) is 0. The van der Waals surface area contributed by atoms with Crippen LogP contribution in [0.15, 0.2) is 0 Å². The van der Waals surface area contributed by atoms with Gasteiger partial charge in [-0.1, -0.05) is 32.1 Å². The Morgan fingerprint density at radius 2 is 1.09 bits per heavy atom. The predicted octanol–water partition coefficient (Wildman–Crippen LogP) is 5.75. The van der Waals surface area contributed by atoms with Crippen molar-refractivity contribution in [2.24, 2.45) is 23.7 Å². The van der Waals surface area contributed by atoms with Gasteiger partial charge < -0.3 is 0 Å². The molecule has 0 aromatic heterocycles. The van der Waals surface area contributed by atoms with Crippen molar-refractivity contribution in [3.63, 3.8) is 0 Å². The Hall–Kier alpha value is -0.280. The van der Waals surface area contributed by atoms with E-state index < -0.39 is 24.7 Å². The van der Waals surface area contributed by atoms with Crippen molar-refractivity contribution in [1.29, 1.82) is 0 Å². The summed E-state index contributed by atoms with van der Waals surface area (Å²) in [6, 6.07) is 0. The molecule has 3 fully saturated rings. The average Bonchev–Trinajstić information content (AvgIpc) is 2.53. The maximum Gasteiger partial charge on any atom is 0.162 e. The van der Waals surface area contributed by atoms with Gasteiger partial charge in [-0.05, 0) is 55.8 Å². The van der Waals surface area contributed by atoms with Crippen LogP contribution >= 0.6 is 0 Å². The van der Waals surface area contributed by atoms with Crippen molar-refractivity contribution in [3.05, 3.63) is 0 Å². The molecule has 4 heteroatoms. The van der Waals surface area contributed by atoms with Gasteiger partial charge in [0, 0.05) is 0 Å². The Labute approximate surface area is 131 Å². The summed E-state index contributed by atoms with van der Waals surface area (Å²) >= 11 is 0. The maximum atomic E-state index is 14.7. The molecular weight excluding hydrogens is 292 g/mol. The van der Waals surface area contributed by atoms with E-state index in [0.717, 1.165) is 12.8 Å². The molecule has 0 radical (unpaired) electrons. The SMILES string of the molecule is FC1CC(C2CCC(C3CCCCC3)CC2F)CC(F)C1F. The van der Waals surface area contributed by atoms with Gasteiger partial charge in [0.15, 0.2) is 6.17 Å². The van der Waals surface area contributed by atoms with E-state index in [-0.39, 0.29) is 24.7 Å². The minimum absolute atomic E-state index is 0.000762. The molecule has 3 saturated carbocycles. The van der Waals surface area contributed by atoms with Crippen LogP contribution in [0, 0.1) is 23.7 Å². The molecule has 0 spiro atoms. The third-order valence-corrected chi connectivity index (χ3v) is 6.53. The Morgan fingerprint density at radius 1 is 0.500 bits per heavy atom. The van der Waals surface area contributed by atoms with E-state index in [9.17, 15) is 17.6 Å². The molecule has 3 aliphatic rings. The zero-order valence-electron chi connectivity index (χ0n) is 13.2. The van der Waals surface area contributed by atoms with Gasteiger partial charge >= 0.3 is 0 Å². The summed E-state index contributed by atoms with van der Waals surface area (Å²) in [6.45, 7) is 0. The summed E-state index contributed by atoms with van der Waals surface area (Å²) in [6.07, 6.45) is 2.05. The van der Waals surface area contributed by atoms with Crippen molar-refractivity contribution < 1.29 is 17.6 Å². The fourth-order valence-corrected chi connectivity index (χ4v) is 5.24. The van der Waals surface area contributed by atoms with E-state index in [1.54, 1.807) is 0 Å². The second-order valence-electron chi connectivity index (χ2n) is 7.86. The van der Waals surface area contributed by atoms with E-state index in [1.807, 2.05) is 0 Å². The van der Waals surface area contributed by atoms with Gasteiger partial charge in [0.25, 0.3) is 0 Å². The van der Waals surface area contributed by atoms with Gasteiger partial charge in [-0.3, -0.25) is 0 Å². The first kappa shape index (κ1) is 16.6. The highest BCUT2D eigenvalue weighted by Gasteiger charge is 2.45. The first-order valence-corrected chi connectivity index (χ1v) is 9.12. The van der Waals surface area contributed by atoms with E-state index in [2.05, 4.69) is 0 Å². The van der Waals surface area contributed by atoms with Crippen LogP contribution in [0.2, 0.25) is 0 Å². The Morgan fingerprint density at radius 3 is 1.68 bits per heavy atom. The zero-order chi connectivity index (χ0) is 15.7. The van der Waals surface area contributed by atoms with Crippen LogP contribution in [-0.2, 0) is 0 Å². The number of alkyl halides is 4. The molecule has 0 heterocycles. The van der Waals surface area contributed by atoms with Crippen LogP contribution in [0.25, 0.3) is 0 Å². The third kappa shape index (κ3) is 3.46. The first-order valence-electron chi connectivity index (χ1n) is 9.12. The maximum absolute atomic E-state index is 14.7. The molecule has 128 valence electrons. The molecule has 0 nitrogen and oxygen atoms in total. The molecule has 0 amide bonds. The molecule has 5 atom stereocenters. The first-order chi connectivity index (χ1) is 10.6. The van der Waals surface area contributed by atoms with Gasteiger partial charge in [-0.15, -0.1) is 0 Å². The number of hydrogen-bond donors (Lipinski definition) is 0. The second-order valence-corrected chi connectivity index (χ2v) is 7.86. The minimum Gasteiger partial charge on any atom is -0.247 e. The van der Waals surface area contributed by atoms with Crippen LogP contribution in [0.1, 0.15) is 64.2 Å². The smallest absolute Gasteiger partial charge is 0.162 e. The van der Waals surface area contributed by atoms with Gasteiger partial charge in [0.1, 0.15) is 18.5 Å². The van der Waals surface area contributed by atoms with Gasteiger partial charge in [0.05, 0.1) is 0 Å². The molecule has 0 aromatic carbocycles. The van der Waals surface area contributed by atoms with Crippen LogP contribution < -0.4 is 0 Å². The fourth-order valence-electron chi connectivity index (χ4n) is 5.24. The fraction of sp³-hybridized carbons (Fsp3) is 1.00. The van der Waals surface area contributed by atoms with Crippen molar-refractivity contribution in [2.75, 3.05) is 0 Å². The highest BCUT2D eigenvalue weighted by molar-refractivity contribution is 4.94. The normalized spacial score (nSPS) is 48.3. The van der Waals surface area contributed by atoms with Crippen LogP contribution in [0.5, 0.6) is 0 Å². The predicted molar refractivity (Wildman–Crippen MR) is 79.7 cm³/mol. The Balaban J connectivity index is 1.56. The molecule has 22 heavy (non-hydrogen) atoms. The monoisotopic (exact) mass is 320 g/mol. The molecule has 3 rings (SSSR count). The Bertz CT molecular complexity index is 343. The summed E-state index contributed by atoms with van der Waals surface area (Å²) < 4.78 is 55.1. The van der Waals surface area contributed by atoms with Crippen molar-refractivity contribution >= 4 is 0 Å². The van der Waals surface area contributed by atoms with Crippen LogP contribution in [0.4, 0.5) is 17.6 Å². The highest BCUT2D eigenvalue weighted by atomic mass is 19.2. The molecule has 0 bridgehead atoms. The summed E-state index contributed by atoms with van der Waals surface area (Å²) in [4.78, 5) is 0. The molecule has 3 aliphatic carbocycles. The molecule has 0 saturated heterocycles. The lowest BCUT2D eigenvalue weighted by molar-refractivity contribution is -0.0280. The third-order valence-electron chi connectivity index (χ3n) is 6.53. The van der Waals surface area contributed by atoms with Crippen LogP contribution in [0.3, 0.4) is 0 Å². The molecule has 5 unspecified atom stereocenters. The lowest BCUT2D eigenvalue weighted by atomic mass is 9.65. The second kappa shape index (κ2) is 7.09. The summed E-state index contributed by atoms with van der Waals surface area (Å²) in [5.41, 5.74) is 0. The molecule has 0 aliphatic heterocycles. The van der Waals surface area contributed by atoms with E-state index in [1.165, 1.54) is 32.1 Å². The molecule has 0 aromatic rings. The lowest BCUT2D eigenvalue weighted by Gasteiger charge is -2.42. The van der Waals surface area contributed by atoms with E-state index >= 15 is 0 Å². The molecule has 0 N–H and O–H groups in total. The van der Waals surface area contributed by atoms with Crippen molar-refractivity contribution in [1.82, 2.24) is 0 Å². The van der Waals surface area contributed by atoms with E-state index in [0.29, 0.717) is 18.3 Å². The standard InChI is InChI=1S/C18H28F4/c19-15-8-12(11-4-2-1-3-5-11)6-7-14(15)13-9-16(20)18(22)17(21)10-13/h11-18H,1-10H2. The molecular formula is C18H28F4. The van der Waals surface area contributed by atoms with Crippen LogP contribution in [-0.4, -0.2) is 24.7 Å². The largest absolute Gasteiger partial charge is 0.247 e. The van der Waals surface area contributed by atoms with Gasteiger partial charge in [-0.2, -0.15) is 0 Å².